The van der Waals surface area contributed by atoms with Crippen LogP contribution in [0, 0.1) is 0 Å². The van der Waals surface area contributed by atoms with Gasteiger partial charge < -0.3 is 10.1 Å². The van der Waals surface area contributed by atoms with Crippen molar-refractivity contribution in [2.75, 3.05) is 0 Å². The predicted molar refractivity (Wildman–Crippen MR) is 62.9 cm³/mol. The highest BCUT2D eigenvalue weighted by Crippen LogP contribution is 2.26. The van der Waals surface area contributed by atoms with Gasteiger partial charge in [-0.2, -0.15) is 5.10 Å². The van der Waals surface area contributed by atoms with E-state index >= 15 is 0 Å². The topological polar surface area (TPSA) is 81.8 Å². The van der Waals surface area contributed by atoms with Gasteiger partial charge in [-0.15, -0.1) is 0 Å². The van der Waals surface area contributed by atoms with Crippen LogP contribution in [0.1, 0.15) is 10.4 Å². The number of aromatic nitrogens is 3. The van der Waals surface area contributed by atoms with E-state index < -0.39 is 0 Å². The third kappa shape index (κ3) is 1.48. The highest BCUT2D eigenvalue weighted by molar-refractivity contribution is 5.90. The molecule has 0 unspecified atom stereocenters. The molecule has 84 valence electrons. The molecule has 0 aliphatic rings. The van der Waals surface area contributed by atoms with E-state index in [1.807, 2.05) is 12.1 Å². The van der Waals surface area contributed by atoms with Crippen LogP contribution in [-0.2, 0) is 0 Å². The van der Waals surface area contributed by atoms with Crippen LogP contribution in [0.5, 0.6) is 5.75 Å². The number of nitrogens with zero attached hydrogens (tertiary/aromatic N) is 1. The Morgan fingerprint density at radius 1 is 1.29 bits per heavy atom. The molecule has 0 saturated carbocycles. The average Bonchev–Trinajstić information content (AvgIpc) is 2.93. The summed E-state index contributed by atoms with van der Waals surface area (Å²) in [6.45, 7) is 0. The fourth-order valence-electron chi connectivity index (χ4n) is 1.85. The van der Waals surface area contributed by atoms with Gasteiger partial charge in [-0.1, -0.05) is 0 Å². The number of hydrogen-bond acceptors (Lipinski definition) is 3. The third-order valence-electron chi connectivity index (χ3n) is 2.67. The molecule has 1 aromatic carbocycles. The van der Waals surface area contributed by atoms with Gasteiger partial charge >= 0.3 is 0 Å². The predicted octanol–water partition coefficient (Wildman–Crippen LogP) is 2.08. The van der Waals surface area contributed by atoms with E-state index in [1.165, 1.54) is 6.20 Å². The first-order chi connectivity index (χ1) is 8.28. The molecule has 0 bridgehead atoms. The van der Waals surface area contributed by atoms with Crippen molar-refractivity contribution in [3.8, 4) is 17.1 Å². The number of aromatic amines is 2. The maximum atomic E-state index is 10.8. The van der Waals surface area contributed by atoms with Crippen molar-refractivity contribution in [1.82, 2.24) is 15.2 Å². The Bertz CT molecular complexity index is 697. The molecule has 3 aromatic rings. The lowest BCUT2D eigenvalue weighted by Crippen LogP contribution is -1.83. The summed E-state index contributed by atoms with van der Waals surface area (Å²) in [4.78, 5) is 13.9. The molecule has 0 fully saturated rings. The Balaban J connectivity index is 2.21. The first-order valence-corrected chi connectivity index (χ1v) is 5.08. The minimum atomic E-state index is 0.200. The number of H-pyrrole nitrogens is 2. The van der Waals surface area contributed by atoms with Crippen LogP contribution in [0.25, 0.3) is 22.3 Å². The number of fused-ring (bicyclic) bond motifs is 1. The van der Waals surface area contributed by atoms with Crippen LogP contribution >= 0.6 is 0 Å². The van der Waals surface area contributed by atoms with Gasteiger partial charge in [0.2, 0.25) is 0 Å². The largest absolute Gasteiger partial charge is 0.508 e. The lowest BCUT2D eigenvalue weighted by Gasteiger charge is -1.92. The van der Waals surface area contributed by atoms with Crippen molar-refractivity contribution in [2.24, 2.45) is 0 Å². The molecule has 0 radical (unpaired) electrons. The third-order valence-corrected chi connectivity index (χ3v) is 2.67. The van der Waals surface area contributed by atoms with Crippen LogP contribution in [-0.4, -0.2) is 26.6 Å². The number of phenols is 1. The summed E-state index contributed by atoms with van der Waals surface area (Å²) in [5.74, 6) is 0.200. The molecule has 3 N–H and O–H groups in total. The molecule has 0 atom stereocenters. The van der Waals surface area contributed by atoms with Gasteiger partial charge in [-0.25, -0.2) is 0 Å². The number of benzene rings is 1. The van der Waals surface area contributed by atoms with Gasteiger partial charge in [0.1, 0.15) is 5.75 Å². The molecule has 0 aliphatic heterocycles. The molecule has 3 rings (SSSR count). The van der Waals surface area contributed by atoms with Crippen molar-refractivity contribution in [3.05, 3.63) is 36.0 Å². The SMILES string of the molecule is O=Cc1cn[nH]c1-c1cc2ccc(O)cc2[nH]1. The zero-order valence-corrected chi connectivity index (χ0v) is 8.77. The normalized spacial score (nSPS) is 10.8. The number of hydrogen-bond donors (Lipinski definition) is 3. The summed E-state index contributed by atoms with van der Waals surface area (Å²) in [7, 11) is 0. The lowest BCUT2D eigenvalue weighted by atomic mass is 10.2. The van der Waals surface area contributed by atoms with Gasteiger partial charge in [-0.3, -0.25) is 9.89 Å². The quantitative estimate of drug-likeness (QED) is 0.586. The number of aromatic hydroxyl groups is 1. The molecular weight excluding hydrogens is 218 g/mol. The minimum Gasteiger partial charge on any atom is -0.508 e. The molecule has 0 spiro atoms. The smallest absolute Gasteiger partial charge is 0.153 e. The van der Waals surface area contributed by atoms with Crippen molar-refractivity contribution < 1.29 is 9.90 Å². The number of rotatable bonds is 2. The molecule has 5 heteroatoms. The van der Waals surface area contributed by atoms with E-state index in [0.717, 1.165) is 22.9 Å². The maximum absolute atomic E-state index is 10.8. The van der Waals surface area contributed by atoms with Crippen molar-refractivity contribution in [1.29, 1.82) is 0 Å². The summed E-state index contributed by atoms with van der Waals surface area (Å²) in [6.07, 6.45) is 2.23. The fourth-order valence-corrected chi connectivity index (χ4v) is 1.85. The standard InChI is InChI=1S/C12H9N3O2/c16-6-8-5-13-15-12(8)11-3-7-1-2-9(17)4-10(7)14-11/h1-6,14,17H,(H,13,15). The summed E-state index contributed by atoms with van der Waals surface area (Å²) in [6, 6.07) is 6.96. The van der Waals surface area contributed by atoms with Gasteiger partial charge in [0.15, 0.2) is 6.29 Å². The highest BCUT2D eigenvalue weighted by atomic mass is 16.3. The Morgan fingerprint density at radius 3 is 3.00 bits per heavy atom. The number of phenolic OH excluding ortho intramolecular Hbond substituents is 1. The monoisotopic (exact) mass is 227 g/mol. The van der Waals surface area contributed by atoms with Gasteiger partial charge in [0.25, 0.3) is 0 Å². The second-order valence-electron chi connectivity index (χ2n) is 3.77. The van der Waals surface area contributed by atoms with Crippen LogP contribution in [0.15, 0.2) is 30.5 Å². The maximum Gasteiger partial charge on any atom is 0.153 e. The van der Waals surface area contributed by atoms with E-state index in [-0.39, 0.29) is 5.75 Å². The molecule has 0 aliphatic carbocycles. The van der Waals surface area contributed by atoms with Crippen LogP contribution in [0.4, 0.5) is 0 Å². The Hall–Kier alpha value is -2.56. The van der Waals surface area contributed by atoms with E-state index in [2.05, 4.69) is 15.2 Å². The summed E-state index contributed by atoms with van der Waals surface area (Å²) in [5.41, 5.74) is 2.73. The molecule has 0 saturated heterocycles. The minimum absolute atomic E-state index is 0.200. The first-order valence-electron chi connectivity index (χ1n) is 5.08. The van der Waals surface area contributed by atoms with E-state index in [1.54, 1.807) is 12.1 Å². The summed E-state index contributed by atoms with van der Waals surface area (Å²) in [5, 5.41) is 16.9. The Kier molecular flexibility index (Phi) is 1.98. The number of carbonyl (C=O) groups is 1. The zero-order chi connectivity index (χ0) is 11.8. The van der Waals surface area contributed by atoms with Gasteiger partial charge in [-0.05, 0) is 18.2 Å². The molecular formula is C12H9N3O2. The van der Waals surface area contributed by atoms with Crippen LogP contribution in [0.3, 0.4) is 0 Å². The summed E-state index contributed by atoms with van der Waals surface area (Å²) >= 11 is 0. The van der Waals surface area contributed by atoms with Crippen molar-refractivity contribution >= 4 is 17.2 Å². The number of carbonyl (C=O) groups excluding carboxylic acids is 1. The van der Waals surface area contributed by atoms with Crippen molar-refractivity contribution in [2.45, 2.75) is 0 Å². The Morgan fingerprint density at radius 2 is 2.18 bits per heavy atom. The van der Waals surface area contributed by atoms with Gasteiger partial charge in [0, 0.05) is 17.0 Å². The zero-order valence-electron chi connectivity index (χ0n) is 8.77. The molecule has 5 nitrogen and oxygen atoms in total. The van der Waals surface area contributed by atoms with Crippen LogP contribution < -0.4 is 0 Å². The molecule has 2 aromatic heterocycles. The molecule has 2 heterocycles. The molecule has 0 amide bonds. The second-order valence-corrected chi connectivity index (χ2v) is 3.77. The van der Waals surface area contributed by atoms with Crippen LogP contribution in [0.2, 0.25) is 0 Å². The molecule has 17 heavy (non-hydrogen) atoms. The number of nitrogens with one attached hydrogen (secondary N) is 2. The Labute approximate surface area is 96.1 Å². The van der Waals surface area contributed by atoms with Gasteiger partial charge in [0.05, 0.1) is 23.1 Å². The fraction of sp³-hybridized carbons (Fsp3) is 0. The van der Waals surface area contributed by atoms with Crippen molar-refractivity contribution in [3.63, 3.8) is 0 Å². The summed E-state index contributed by atoms with van der Waals surface area (Å²) < 4.78 is 0. The first kappa shape index (κ1) is 9.65. The average molecular weight is 227 g/mol. The second kappa shape index (κ2) is 3.48. The van der Waals surface area contributed by atoms with E-state index in [9.17, 15) is 9.90 Å². The lowest BCUT2D eigenvalue weighted by molar-refractivity contribution is 0.112. The van der Waals surface area contributed by atoms with E-state index in [4.69, 9.17) is 0 Å². The highest BCUT2D eigenvalue weighted by Gasteiger charge is 2.09. The van der Waals surface area contributed by atoms with E-state index in [0.29, 0.717) is 11.3 Å². The number of aldehydes is 1.